The summed E-state index contributed by atoms with van der Waals surface area (Å²) in [5.41, 5.74) is 0. The Morgan fingerprint density at radius 3 is 2.71 bits per heavy atom. The van der Waals surface area contributed by atoms with Crippen molar-refractivity contribution < 1.29 is 9.00 Å². The summed E-state index contributed by atoms with van der Waals surface area (Å²) in [6.45, 7) is 2.64. The molecule has 0 fully saturated rings. The van der Waals surface area contributed by atoms with Gasteiger partial charge in [-0.2, -0.15) is 0 Å². The molecule has 1 N–H and O–H groups in total. The first-order chi connectivity index (χ1) is 8.16. The van der Waals surface area contributed by atoms with E-state index >= 15 is 0 Å². The topological polar surface area (TPSA) is 46.2 Å². The predicted octanol–water partition coefficient (Wildman–Crippen LogP) is 2.17. The van der Waals surface area contributed by atoms with Gasteiger partial charge in [0.25, 0.3) is 0 Å². The summed E-state index contributed by atoms with van der Waals surface area (Å²) >= 11 is 0. The van der Waals surface area contributed by atoms with Crippen molar-refractivity contribution >= 4 is 16.7 Å². The van der Waals surface area contributed by atoms with E-state index in [1.54, 1.807) is 12.3 Å². The Morgan fingerprint density at radius 1 is 1.29 bits per heavy atom. The number of hydrogen-bond donors (Lipinski definition) is 1. The molecule has 1 unspecified atom stereocenters. The first kappa shape index (κ1) is 16.1. The van der Waals surface area contributed by atoms with Gasteiger partial charge in [-0.15, -0.1) is 0 Å². The predicted molar refractivity (Wildman–Crippen MR) is 74.4 cm³/mol. The number of amides is 1. The Bertz CT molecular complexity index is 285. The zero-order chi connectivity index (χ0) is 12.9. The maximum Gasteiger partial charge on any atom is 0.244 e. The van der Waals surface area contributed by atoms with Gasteiger partial charge in [-0.3, -0.25) is 9.00 Å². The van der Waals surface area contributed by atoms with Crippen molar-refractivity contribution in [2.75, 3.05) is 18.6 Å². The third kappa shape index (κ3) is 13.0. The van der Waals surface area contributed by atoms with Gasteiger partial charge in [-0.1, -0.05) is 38.0 Å². The maximum absolute atomic E-state index is 11.2. The molecule has 0 aromatic heterocycles. The number of carbonyl (C=O) groups excluding carboxylic acids is 1. The summed E-state index contributed by atoms with van der Waals surface area (Å²) in [6, 6.07) is 0. The van der Waals surface area contributed by atoms with Crippen molar-refractivity contribution in [2.24, 2.45) is 0 Å². The van der Waals surface area contributed by atoms with E-state index in [0.29, 0.717) is 12.3 Å². The molecule has 0 aliphatic heterocycles. The van der Waals surface area contributed by atoms with Crippen LogP contribution in [0.2, 0.25) is 0 Å². The largest absolute Gasteiger partial charge is 0.352 e. The van der Waals surface area contributed by atoms with Crippen LogP contribution in [-0.4, -0.2) is 28.7 Å². The molecule has 0 spiro atoms. The molecule has 17 heavy (non-hydrogen) atoms. The Morgan fingerprint density at radius 2 is 2.06 bits per heavy atom. The summed E-state index contributed by atoms with van der Waals surface area (Å²) in [7, 11) is -0.847. The fraction of sp³-hybridized carbons (Fsp3) is 0.615. The van der Waals surface area contributed by atoms with Crippen molar-refractivity contribution in [1.82, 2.24) is 5.32 Å². The van der Waals surface area contributed by atoms with Crippen LogP contribution >= 0.6 is 0 Å². The fourth-order valence-corrected chi connectivity index (χ4v) is 1.60. The van der Waals surface area contributed by atoms with E-state index in [0.717, 1.165) is 6.42 Å². The lowest BCUT2D eigenvalue weighted by Crippen LogP contribution is -2.25. The van der Waals surface area contributed by atoms with Crippen LogP contribution in [0.25, 0.3) is 0 Å². The van der Waals surface area contributed by atoms with Gasteiger partial charge in [0.2, 0.25) is 5.91 Å². The Balaban J connectivity index is 3.55. The maximum atomic E-state index is 11.2. The van der Waals surface area contributed by atoms with Crippen molar-refractivity contribution in [3.8, 4) is 0 Å². The average Bonchev–Trinajstić information content (AvgIpc) is 2.27. The molecular formula is C13H23NO2S. The Hall–Kier alpha value is -0.900. The van der Waals surface area contributed by atoms with E-state index in [4.69, 9.17) is 0 Å². The van der Waals surface area contributed by atoms with E-state index < -0.39 is 10.8 Å². The van der Waals surface area contributed by atoms with Gasteiger partial charge < -0.3 is 5.32 Å². The lowest BCUT2D eigenvalue weighted by molar-refractivity contribution is -0.116. The molecule has 1 amide bonds. The number of unbranched alkanes of at least 4 members (excludes halogenated alkanes) is 3. The van der Waals surface area contributed by atoms with Crippen molar-refractivity contribution in [3.05, 3.63) is 24.3 Å². The van der Waals surface area contributed by atoms with Crippen LogP contribution in [0.1, 0.15) is 32.6 Å². The summed E-state index contributed by atoms with van der Waals surface area (Å²) in [5, 5.41) is 2.67. The number of carbonyl (C=O) groups is 1. The minimum atomic E-state index is -0.847. The quantitative estimate of drug-likeness (QED) is 0.391. The van der Waals surface area contributed by atoms with Crippen molar-refractivity contribution in [3.63, 3.8) is 0 Å². The van der Waals surface area contributed by atoms with Crippen molar-refractivity contribution in [2.45, 2.75) is 32.6 Å². The number of nitrogens with one attached hydrogen (secondary N) is 1. The van der Waals surface area contributed by atoms with Gasteiger partial charge in [0.05, 0.1) is 0 Å². The number of rotatable bonds is 9. The van der Waals surface area contributed by atoms with E-state index in [1.807, 2.05) is 6.08 Å². The number of allylic oxidation sites excluding steroid dienone is 3. The molecule has 0 aliphatic rings. The highest BCUT2D eigenvalue weighted by Gasteiger charge is 1.94. The highest BCUT2D eigenvalue weighted by atomic mass is 32.2. The molecule has 0 aliphatic carbocycles. The molecule has 0 bridgehead atoms. The summed E-state index contributed by atoms with van der Waals surface area (Å²) in [6.07, 6.45) is 13.6. The van der Waals surface area contributed by atoms with Crippen LogP contribution in [0.5, 0.6) is 0 Å². The van der Waals surface area contributed by atoms with Gasteiger partial charge in [0, 0.05) is 35.4 Å². The zero-order valence-electron chi connectivity index (χ0n) is 10.8. The van der Waals surface area contributed by atoms with Gasteiger partial charge in [0.15, 0.2) is 0 Å². The van der Waals surface area contributed by atoms with E-state index in [1.165, 1.54) is 25.3 Å². The molecule has 0 heterocycles. The SMILES string of the molecule is CCCCCC=CC=CC(=O)NCCS(C)=O. The third-order valence-corrected chi connectivity index (χ3v) is 2.94. The minimum Gasteiger partial charge on any atom is -0.352 e. The van der Waals surface area contributed by atoms with Gasteiger partial charge in [-0.05, 0) is 12.8 Å². The first-order valence-electron chi connectivity index (χ1n) is 6.08. The first-order valence-corrected chi connectivity index (χ1v) is 7.80. The van der Waals surface area contributed by atoms with Crippen LogP contribution in [0, 0.1) is 0 Å². The third-order valence-electron chi connectivity index (χ3n) is 2.16. The molecule has 0 saturated heterocycles. The van der Waals surface area contributed by atoms with Crippen LogP contribution in [0.15, 0.2) is 24.3 Å². The Kier molecular flexibility index (Phi) is 11.0. The summed E-state index contributed by atoms with van der Waals surface area (Å²) in [5.74, 6) is 0.376. The lowest BCUT2D eigenvalue weighted by Gasteiger charge is -1.98. The molecule has 98 valence electrons. The highest BCUT2D eigenvalue weighted by Crippen LogP contribution is 1.99. The molecule has 0 aromatic rings. The van der Waals surface area contributed by atoms with Gasteiger partial charge in [0.1, 0.15) is 0 Å². The smallest absolute Gasteiger partial charge is 0.244 e. The van der Waals surface area contributed by atoms with Crippen molar-refractivity contribution in [1.29, 1.82) is 0 Å². The monoisotopic (exact) mass is 257 g/mol. The van der Waals surface area contributed by atoms with E-state index in [-0.39, 0.29) is 5.91 Å². The standard InChI is InChI=1S/C13H23NO2S/c1-3-4-5-6-7-8-9-10-13(15)14-11-12-17(2)16/h7-10H,3-6,11-12H2,1-2H3,(H,14,15). The average molecular weight is 257 g/mol. The van der Waals surface area contributed by atoms with Crippen LogP contribution in [0.3, 0.4) is 0 Å². The van der Waals surface area contributed by atoms with Crippen LogP contribution in [-0.2, 0) is 15.6 Å². The van der Waals surface area contributed by atoms with E-state index in [2.05, 4.69) is 18.3 Å². The molecule has 0 radical (unpaired) electrons. The normalized spacial score (nSPS) is 13.3. The highest BCUT2D eigenvalue weighted by molar-refractivity contribution is 7.84. The Labute approximate surface area is 107 Å². The molecule has 0 saturated carbocycles. The van der Waals surface area contributed by atoms with Crippen LogP contribution in [0.4, 0.5) is 0 Å². The summed E-state index contributed by atoms with van der Waals surface area (Å²) < 4.78 is 10.7. The second kappa shape index (κ2) is 11.6. The minimum absolute atomic E-state index is 0.131. The zero-order valence-corrected chi connectivity index (χ0v) is 11.6. The van der Waals surface area contributed by atoms with E-state index in [9.17, 15) is 9.00 Å². The van der Waals surface area contributed by atoms with Crippen LogP contribution < -0.4 is 5.32 Å². The molecule has 4 heteroatoms. The van der Waals surface area contributed by atoms with Gasteiger partial charge in [-0.25, -0.2) is 0 Å². The number of hydrogen-bond acceptors (Lipinski definition) is 2. The molecule has 0 rings (SSSR count). The molecule has 1 atom stereocenters. The fourth-order valence-electron chi connectivity index (χ4n) is 1.21. The molecule has 0 aromatic carbocycles. The molecule has 3 nitrogen and oxygen atoms in total. The second-order valence-corrected chi connectivity index (χ2v) is 5.41. The molecular weight excluding hydrogens is 234 g/mol. The van der Waals surface area contributed by atoms with Gasteiger partial charge >= 0.3 is 0 Å². The lowest BCUT2D eigenvalue weighted by atomic mass is 10.2. The second-order valence-electron chi connectivity index (χ2n) is 3.85. The summed E-state index contributed by atoms with van der Waals surface area (Å²) in [4.78, 5) is 11.2.